The van der Waals surface area contributed by atoms with Crippen LogP contribution in [0.3, 0.4) is 0 Å². The molecule has 0 aromatic rings. The third-order valence-electron chi connectivity index (χ3n) is 1.86. The molecule has 0 radical (unpaired) electrons. The van der Waals surface area contributed by atoms with E-state index in [4.69, 9.17) is 0 Å². The van der Waals surface area contributed by atoms with E-state index in [-0.39, 0.29) is 6.42 Å². The predicted octanol–water partition coefficient (Wildman–Crippen LogP) is 1.21. The molecule has 0 aliphatic carbocycles. The summed E-state index contributed by atoms with van der Waals surface area (Å²) < 4.78 is 4.16. The molecule has 82 valence electrons. The number of methoxy groups -OCH3 is 1. The molecule has 0 heterocycles. The van der Waals surface area contributed by atoms with E-state index in [1.54, 1.807) is 13.8 Å². The van der Waals surface area contributed by atoms with Gasteiger partial charge in [0.1, 0.15) is 0 Å². The van der Waals surface area contributed by atoms with E-state index in [0.717, 1.165) is 12.7 Å². The molecule has 0 fully saturated rings. The third kappa shape index (κ3) is 3.89. The van der Waals surface area contributed by atoms with Crippen LogP contribution in [0.15, 0.2) is 23.8 Å². The Labute approximate surface area is 88.6 Å². The maximum absolute atomic E-state index is 11.3. The molecule has 0 amide bonds. The van der Waals surface area contributed by atoms with Crippen LogP contribution in [-0.2, 0) is 19.1 Å². The summed E-state index contributed by atoms with van der Waals surface area (Å²) in [5.41, 5.74) is 1.54. The third-order valence-corrected chi connectivity index (χ3v) is 1.86. The first-order chi connectivity index (χ1) is 6.93. The van der Waals surface area contributed by atoms with Gasteiger partial charge in [0.25, 0.3) is 0 Å². The van der Waals surface area contributed by atoms with Crippen molar-refractivity contribution >= 4 is 17.5 Å². The van der Waals surface area contributed by atoms with Crippen molar-refractivity contribution in [2.24, 2.45) is 0 Å². The highest BCUT2D eigenvalue weighted by Gasteiger charge is 2.23. The normalized spacial score (nSPS) is 9.00. The molecule has 0 saturated carbocycles. The molecule has 4 nitrogen and oxygen atoms in total. The van der Waals surface area contributed by atoms with E-state index in [2.05, 4.69) is 11.3 Å². The SMILES string of the molecule is C=CC(CC(=O)C(=O)C(=O)OC)=C(C)C. The van der Waals surface area contributed by atoms with Gasteiger partial charge >= 0.3 is 11.8 Å². The minimum Gasteiger partial charge on any atom is -0.463 e. The van der Waals surface area contributed by atoms with Gasteiger partial charge < -0.3 is 4.74 Å². The summed E-state index contributed by atoms with van der Waals surface area (Å²) in [5, 5.41) is 0. The van der Waals surface area contributed by atoms with Gasteiger partial charge in [0.15, 0.2) is 0 Å². The summed E-state index contributed by atoms with van der Waals surface area (Å²) in [6, 6.07) is 0. The first-order valence-corrected chi connectivity index (χ1v) is 4.38. The van der Waals surface area contributed by atoms with Crippen LogP contribution in [0.4, 0.5) is 0 Å². The highest BCUT2D eigenvalue weighted by molar-refractivity contribution is 6.62. The van der Waals surface area contributed by atoms with Crippen molar-refractivity contribution < 1.29 is 19.1 Å². The van der Waals surface area contributed by atoms with Gasteiger partial charge in [0.2, 0.25) is 5.78 Å². The average molecular weight is 210 g/mol. The summed E-state index contributed by atoms with van der Waals surface area (Å²) >= 11 is 0. The Morgan fingerprint density at radius 1 is 1.27 bits per heavy atom. The molecule has 0 N–H and O–H groups in total. The van der Waals surface area contributed by atoms with Gasteiger partial charge in [-0.2, -0.15) is 0 Å². The first kappa shape index (κ1) is 13.3. The summed E-state index contributed by atoms with van der Waals surface area (Å²) in [4.78, 5) is 33.1. The Morgan fingerprint density at radius 2 is 1.80 bits per heavy atom. The summed E-state index contributed by atoms with van der Waals surface area (Å²) in [6.45, 7) is 7.12. The molecular weight excluding hydrogens is 196 g/mol. The number of ether oxygens (including phenoxy) is 1. The number of hydrogen-bond donors (Lipinski definition) is 0. The summed E-state index contributed by atoms with van der Waals surface area (Å²) in [5.74, 6) is -3.03. The van der Waals surface area contributed by atoms with Gasteiger partial charge in [-0.15, -0.1) is 0 Å². The molecule has 4 heteroatoms. The fraction of sp³-hybridized carbons (Fsp3) is 0.364. The number of rotatable bonds is 5. The van der Waals surface area contributed by atoms with Crippen LogP contribution in [0.5, 0.6) is 0 Å². The Hall–Kier alpha value is -1.71. The van der Waals surface area contributed by atoms with Crippen molar-refractivity contribution in [2.45, 2.75) is 20.3 Å². The van der Waals surface area contributed by atoms with Crippen LogP contribution in [0.25, 0.3) is 0 Å². The Kier molecular flexibility index (Phi) is 5.23. The molecule has 0 unspecified atom stereocenters. The second kappa shape index (κ2) is 5.90. The maximum Gasteiger partial charge on any atom is 0.382 e. The largest absolute Gasteiger partial charge is 0.463 e. The quantitative estimate of drug-likeness (QED) is 0.296. The van der Waals surface area contributed by atoms with Gasteiger partial charge in [0, 0.05) is 6.42 Å². The minimum absolute atomic E-state index is 0.111. The standard InChI is InChI=1S/C11H14O4/c1-5-8(7(2)3)6-9(12)10(13)11(14)15-4/h5H,1,6H2,2-4H3. The number of carbonyl (C=O) groups excluding carboxylic acids is 3. The highest BCUT2D eigenvalue weighted by Crippen LogP contribution is 2.10. The Balaban J connectivity index is 4.64. The van der Waals surface area contributed by atoms with Crippen molar-refractivity contribution in [1.29, 1.82) is 0 Å². The lowest BCUT2D eigenvalue weighted by molar-refractivity contribution is -0.154. The molecule has 0 aliphatic heterocycles. The van der Waals surface area contributed by atoms with Gasteiger partial charge in [-0.3, -0.25) is 9.59 Å². The fourth-order valence-corrected chi connectivity index (χ4v) is 0.913. The molecule has 0 aliphatic rings. The van der Waals surface area contributed by atoms with Crippen LogP contribution >= 0.6 is 0 Å². The van der Waals surface area contributed by atoms with Gasteiger partial charge in [-0.25, -0.2) is 4.79 Å². The first-order valence-electron chi connectivity index (χ1n) is 4.38. The molecule has 0 bridgehead atoms. The Morgan fingerprint density at radius 3 is 2.13 bits per heavy atom. The van der Waals surface area contributed by atoms with E-state index in [0.29, 0.717) is 5.57 Å². The average Bonchev–Trinajstić information content (AvgIpc) is 2.22. The summed E-state index contributed by atoms with van der Waals surface area (Å²) in [7, 11) is 1.06. The van der Waals surface area contributed by atoms with Crippen LogP contribution < -0.4 is 0 Å². The smallest absolute Gasteiger partial charge is 0.382 e. The lowest BCUT2D eigenvalue weighted by atomic mass is 10.0. The van der Waals surface area contributed by atoms with E-state index < -0.39 is 17.5 Å². The molecule has 0 aromatic carbocycles. The molecular formula is C11H14O4. The molecule has 0 saturated heterocycles. The van der Waals surface area contributed by atoms with E-state index in [1.165, 1.54) is 6.08 Å². The fourth-order valence-electron chi connectivity index (χ4n) is 0.913. The topological polar surface area (TPSA) is 60.4 Å². The van der Waals surface area contributed by atoms with Crippen molar-refractivity contribution in [3.63, 3.8) is 0 Å². The van der Waals surface area contributed by atoms with Crippen LogP contribution in [0, 0.1) is 0 Å². The molecule has 0 spiro atoms. The van der Waals surface area contributed by atoms with Crippen molar-refractivity contribution in [3.05, 3.63) is 23.8 Å². The molecule has 0 rings (SSSR count). The minimum atomic E-state index is -1.13. The van der Waals surface area contributed by atoms with Crippen LogP contribution in [0.2, 0.25) is 0 Å². The number of hydrogen-bond acceptors (Lipinski definition) is 4. The predicted molar refractivity (Wildman–Crippen MR) is 55.2 cm³/mol. The maximum atomic E-state index is 11.3. The number of ketones is 2. The van der Waals surface area contributed by atoms with E-state index in [9.17, 15) is 14.4 Å². The lowest BCUT2D eigenvalue weighted by Crippen LogP contribution is -2.25. The van der Waals surface area contributed by atoms with Gasteiger partial charge in [0.05, 0.1) is 7.11 Å². The van der Waals surface area contributed by atoms with E-state index in [1.807, 2.05) is 0 Å². The number of Topliss-reactive ketones (excluding diaryl/α,β-unsaturated/α-hetero) is 2. The van der Waals surface area contributed by atoms with Crippen molar-refractivity contribution in [1.82, 2.24) is 0 Å². The van der Waals surface area contributed by atoms with Crippen LogP contribution in [0.1, 0.15) is 20.3 Å². The lowest BCUT2D eigenvalue weighted by Gasteiger charge is -2.02. The highest BCUT2D eigenvalue weighted by atomic mass is 16.5. The molecule has 15 heavy (non-hydrogen) atoms. The molecule has 0 aromatic heterocycles. The zero-order valence-corrected chi connectivity index (χ0v) is 9.12. The molecule has 0 atom stereocenters. The zero-order chi connectivity index (χ0) is 12.0. The number of allylic oxidation sites excluding steroid dienone is 3. The van der Waals surface area contributed by atoms with E-state index >= 15 is 0 Å². The number of esters is 1. The second-order valence-corrected chi connectivity index (χ2v) is 3.15. The van der Waals surface area contributed by atoms with Crippen LogP contribution in [-0.4, -0.2) is 24.6 Å². The monoisotopic (exact) mass is 210 g/mol. The van der Waals surface area contributed by atoms with Gasteiger partial charge in [-0.05, 0) is 19.4 Å². The van der Waals surface area contributed by atoms with Gasteiger partial charge in [-0.1, -0.05) is 18.2 Å². The van der Waals surface area contributed by atoms with Crippen molar-refractivity contribution in [2.75, 3.05) is 7.11 Å². The summed E-state index contributed by atoms with van der Waals surface area (Å²) in [6.07, 6.45) is 1.39. The Bertz CT molecular complexity index is 332. The zero-order valence-electron chi connectivity index (χ0n) is 9.12. The van der Waals surface area contributed by atoms with Crippen molar-refractivity contribution in [3.8, 4) is 0 Å². The number of carbonyl (C=O) groups is 3. The second-order valence-electron chi connectivity index (χ2n) is 3.15.